The molecule has 0 spiro atoms. The van der Waals surface area contributed by atoms with Gasteiger partial charge >= 0.3 is 0 Å². The molecule has 19 heavy (non-hydrogen) atoms. The number of carbonyl (C=O) groups excluding carboxylic acids is 2. The van der Waals surface area contributed by atoms with E-state index >= 15 is 0 Å². The highest BCUT2D eigenvalue weighted by atomic mass is 16.2. The summed E-state index contributed by atoms with van der Waals surface area (Å²) in [6.45, 7) is 5.74. The van der Waals surface area contributed by atoms with Crippen LogP contribution in [0.4, 0.5) is 0 Å². The first-order valence-electron chi connectivity index (χ1n) is 6.91. The van der Waals surface area contributed by atoms with Gasteiger partial charge in [0.05, 0.1) is 12.1 Å². The first kappa shape index (κ1) is 15.9. The normalized spacial score (nSPS) is 20.6. The van der Waals surface area contributed by atoms with Crippen LogP contribution in [0.15, 0.2) is 0 Å². The van der Waals surface area contributed by atoms with Crippen molar-refractivity contribution < 1.29 is 9.59 Å². The molecular formula is C13H26N4O2. The Morgan fingerprint density at radius 2 is 1.95 bits per heavy atom. The lowest BCUT2D eigenvalue weighted by Gasteiger charge is -2.33. The number of likely N-dealkylation sites (N-methyl/N-ethyl adjacent to an activating group) is 1. The van der Waals surface area contributed by atoms with E-state index in [0.717, 1.165) is 25.9 Å². The van der Waals surface area contributed by atoms with E-state index in [2.05, 4.69) is 15.5 Å². The van der Waals surface area contributed by atoms with Gasteiger partial charge in [0.25, 0.3) is 0 Å². The molecule has 0 aromatic rings. The fourth-order valence-electron chi connectivity index (χ4n) is 2.03. The lowest BCUT2D eigenvalue weighted by atomic mass is 9.97. The van der Waals surface area contributed by atoms with E-state index in [1.54, 1.807) is 14.0 Å². The lowest BCUT2D eigenvalue weighted by molar-refractivity contribution is -0.127. The van der Waals surface area contributed by atoms with Crippen LogP contribution in [0.1, 0.15) is 33.1 Å². The number of nitrogens with one attached hydrogen (secondary N) is 2. The van der Waals surface area contributed by atoms with Crippen molar-refractivity contribution in [1.82, 2.24) is 15.5 Å². The molecule has 0 radical (unpaired) electrons. The van der Waals surface area contributed by atoms with Crippen LogP contribution >= 0.6 is 0 Å². The number of rotatable bonds is 5. The zero-order valence-electron chi connectivity index (χ0n) is 12.2. The number of carbonyl (C=O) groups is 2. The quantitative estimate of drug-likeness (QED) is 0.625. The molecule has 110 valence electrons. The van der Waals surface area contributed by atoms with Crippen LogP contribution in [0, 0.1) is 0 Å². The standard InChI is InChI=1S/C13H26N4O2/c1-4-13(2,14)12(19)16-10-5-7-17(8-6-10)9-11(18)15-3/h10H,4-9,14H2,1-3H3,(H,15,18)(H,16,19). The summed E-state index contributed by atoms with van der Waals surface area (Å²) in [6, 6.07) is 0.169. The fraction of sp³-hybridized carbons (Fsp3) is 0.846. The summed E-state index contributed by atoms with van der Waals surface area (Å²) in [7, 11) is 1.64. The molecule has 0 aliphatic carbocycles. The van der Waals surface area contributed by atoms with Crippen LogP contribution in [0.25, 0.3) is 0 Å². The van der Waals surface area contributed by atoms with Crippen molar-refractivity contribution in [2.24, 2.45) is 5.73 Å². The van der Waals surface area contributed by atoms with Crippen molar-refractivity contribution >= 4 is 11.8 Å². The molecule has 0 bridgehead atoms. The van der Waals surface area contributed by atoms with Crippen molar-refractivity contribution in [2.45, 2.75) is 44.7 Å². The summed E-state index contributed by atoms with van der Waals surface area (Å²) in [5, 5.41) is 5.62. The van der Waals surface area contributed by atoms with E-state index < -0.39 is 5.54 Å². The van der Waals surface area contributed by atoms with Crippen LogP contribution < -0.4 is 16.4 Å². The first-order valence-corrected chi connectivity index (χ1v) is 6.91. The van der Waals surface area contributed by atoms with E-state index in [9.17, 15) is 9.59 Å². The van der Waals surface area contributed by atoms with E-state index in [1.165, 1.54) is 0 Å². The molecule has 1 atom stereocenters. The second-order valence-electron chi connectivity index (χ2n) is 5.47. The maximum absolute atomic E-state index is 12.0. The van der Waals surface area contributed by atoms with Gasteiger partial charge < -0.3 is 16.4 Å². The SMILES string of the molecule is CCC(C)(N)C(=O)NC1CCN(CC(=O)NC)CC1. The Morgan fingerprint density at radius 1 is 1.37 bits per heavy atom. The number of hydrogen-bond donors (Lipinski definition) is 3. The van der Waals surface area contributed by atoms with Crippen molar-refractivity contribution in [2.75, 3.05) is 26.7 Å². The third-order valence-corrected chi connectivity index (χ3v) is 3.82. The number of amides is 2. The van der Waals surface area contributed by atoms with Crippen molar-refractivity contribution in [3.8, 4) is 0 Å². The minimum Gasteiger partial charge on any atom is -0.358 e. The van der Waals surface area contributed by atoms with Gasteiger partial charge in [0.1, 0.15) is 0 Å². The minimum absolute atomic E-state index is 0.0306. The average Bonchev–Trinajstić information content (AvgIpc) is 2.40. The van der Waals surface area contributed by atoms with E-state index in [0.29, 0.717) is 13.0 Å². The van der Waals surface area contributed by atoms with Gasteiger partial charge in [0.15, 0.2) is 0 Å². The first-order chi connectivity index (χ1) is 8.89. The number of piperidine rings is 1. The second-order valence-corrected chi connectivity index (χ2v) is 5.47. The van der Waals surface area contributed by atoms with Gasteiger partial charge in [-0.3, -0.25) is 14.5 Å². The third kappa shape index (κ3) is 4.80. The maximum atomic E-state index is 12.0. The zero-order valence-corrected chi connectivity index (χ0v) is 12.2. The maximum Gasteiger partial charge on any atom is 0.240 e. The molecule has 1 aliphatic heterocycles. The van der Waals surface area contributed by atoms with Gasteiger partial charge in [-0.05, 0) is 26.2 Å². The van der Waals surface area contributed by atoms with Gasteiger partial charge in [0, 0.05) is 26.2 Å². The summed E-state index contributed by atoms with van der Waals surface area (Å²) in [5.41, 5.74) is 5.12. The highest BCUT2D eigenvalue weighted by Crippen LogP contribution is 2.12. The molecule has 0 aromatic carbocycles. The Labute approximate surface area is 115 Å². The van der Waals surface area contributed by atoms with Crippen LogP contribution in [0.2, 0.25) is 0 Å². The van der Waals surface area contributed by atoms with Crippen LogP contribution in [-0.4, -0.2) is 55.0 Å². The summed E-state index contributed by atoms with van der Waals surface area (Å²) in [4.78, 5) is 25.3. The average molecular weight is 270 g/mol. The molecule has 4 N–H and O–H groups in total. The van der Waals surface area contributed by atoms with E-state index in [1.807, 2.05) is 6.92 Å². The van der Waals surface area contributed by atoms with Crippen molar-refractivity contribution in [3.63, 3.8) is 0 Å². The number of nitrogens with zero attached hydrogens (tertiary/aromatic N) is 1. The third-order valence-electron chi connectivity index (χ3n) is 3.82. The summed E-state index contributed by atoms with van der Waals surface area (Å²) < 4.78 is 0. The van der Waals surface area contributed by atoms with Crippen LogP contribution in [0.5, 0.6) is 0 Å². The second kappa shape index (κ2) is 6.86. The van der Waals surface area contributed by atoms with Crippen molar-refractivity contribution in [1.29, 1.82) is 0 Å². The molecule has 1 unspecified atom stereocenters. The Kier molecular flexibility index (Phi) is 5.75. The van der Waals surface area contributed by atoms with E-state index in [-0.39, 0.29) is 17.9 Å². The van der Waals surface area contributed by atoms with Crippen LogP contribution in [-0.2, 0) is 9.59 Å². The Hall–Kier alpha value is -1.14. The van der Waals surface area contributed by atoms with Gasteiger partial charge in [-0.2, -0.15) is 0 Å². The summed E-state index contributed by atoms with van der Waals surface area (Å²) in [5.74, 6) is -0.0530. The summed E-state index contributed by atoms with van der Waals surface area (Å²) >= 11 is 0. The van der Waals surface area contributed by atoms with Gasteiger partial charge in [0.2, 0.25) is 11.8 Å². The smallest absolute Gasteiger partial charge is 0.240 e. The van der Waals surface area contributed by atoms with E-state index in [4.69, 9.17) is 5.73 Å². The van der Waals surface area contributed by atoms with Crippen LogP contribution in [0.3, 0.4) is 0 Å². The molecule has 6 heteroatoms. The van der Waals surface area contributed by atoms with Gasteiger partial charge in [-0.25, -0.2) is 0 Å². The molecule has 1 heterocycles. The molecule has 1 saturated heterocycles. The number of likely N-dealkylation sites (tertiary alicyclic amines) is 1. The largest absolute Gasteiger partial charge is 0.358 e. The van der Waals surface area contributed by atoms with Gasteiger partial charge in [-0.15, -0.1) is 0 Å². The predicted molar refractivity (Wildman–Crippen MR) is 74.6 cm³/mol. The Balaban J connectivity index is 2.34. The highest BCUT2D eigenvalue weighted by Gasteiger charge is 2.29. The molecule has 1 aliphatic rings. The molecular weight excluding hydrogens is 244 g/mol. The fourth-order valence-corrected chi connectivity index (χ4v) is 2.03. The topological polar surface area (TPSA) is 87.5 Å². The molecule has 1 rings (SSSR count). The number of nitrogens with two attached hydrogens (primary N) is 1. The Morgan fingerprint density at radius 3 is 2.42 bits per heavy atom. The lowest BCUT2D eigenvalue weighted by Crippen LogP contribution is -2.55. The molecule has 0 saturated carbocycles. The molecule has 2 amide bonds. The minimum atomic E-state index is -0.792. The monoisotopic (exact) mass is 270 g/mol. The summed E-state index contributed by atoms with van der Waals surface area (Å²) in [6.07, 6.45) is 2.35. The number of hydrogen-bond acceptors (Lipinski definition) is 4. The highest BCUT2D eigenvalue weighted by molar-refractivity contribution is 5.85. The Bertz CT molecular complexity index is 323. The molecule has 6 nitrogen and oxygen atoms in total. The zero-order chi connectivity index (χ0) is 14.5. The molecule has 0 aromatic heterocycles. The molecule has 1 fully saturated rings. The van der Waals surface area contributed by atoms with Crippen molar-refractivity contribution in [3.05, 3.63) is 0 Å². The van der Waals surface area contributed by atoms with Gasteiger partial charge in [-0.1, -0.05) is 6.92 Å². The predicted octanol–water partition coefficient (Wildman–Crippen LogP) is -0.560.